The highest BCUT2D eigenvalue weighted by atomic mass is 32.2. The number of carbonyl (C=O) groups is 2. The third-order valence-electron chi connectivity index (χ3n) is 3.35. The van der Waals surface area contributed by atoms with Gasteiger partial charge in [-0.2, -0.15) is 0 Å². The van der Waals surface area contributed by atoms with Crippen LogP contribution in [0.3, 0.4) is 0 Å². The van der Waals surface area contributed by atoms with E-state index in [1.54, 1.807) is 18.2 Å². The molecular formula is C17H23NO5S. The molecule has 1 N–H and O–H groups in total. The van der Waals surface area contributed by atoms with Gasteiger partial charge in [0.15, 0.2) is 9.84 Å². The van der Waals surface area contributed by atoms with Crippen molar-refractivity contribution in [2.45, 2.75) is 31.9 Å². The van der Waals surface area contributed by atoms with E-state index in [-0.39, 0.29) is 5.75 Å². The molecular weight excluding hydrogens is 330 g/mol. The Labute approximate surface area is 142 Å². The Balaban J connectivity index is 2.78. The maximum Gasteiger partial charge on any atom is 0.338 e. The summed E-state index contributed by atoms with van der Waals surface area (Å²) in [6.45, 7) is 7.02. The fourth-order valence-corrected chi connectivity index (χ4v) is 2.83. The Kier molecular flexibility index (Phi) is 7.64. The third kappa shape index (κ3) is 5.81. The topological polar surface area (TPSA) is 89.5 Å². The summed E-state index contributed by atoms with van der Waals surface area (Å²) in [7, 11) is -3.59. The van der Waals surface area contributed by atoms with Gasteiger partial charge in [-0.3, -0.25) is 4.79 Å². The van der Waals surface area contributed by atoms with Gasteiger partial charge in [-0.25, -0.2) is 13.2 Å². The lowest BCUT2D eigenvalue weighted by atomic mass is 10.2. The van der Waals surface area contributed by atoms with Crippen LogP contribution in [0.5, 0.6) is 0 Å². The average molecular weight is 353 g/mol. The quantitative estimate of drug-likeness (QED) is 0.419. The zero-order chi connectivity index (χ0) is 18.2. The van der Waals surface area contributed by atoms with Crippen LogP contribution in [0.4, 0.5) is 5.69 Å². The van der Waals surface area contributed by atoms with Gasteiger partial charge in [-0.15, -0.1) is 6.58 Å². The molecule has 1 atom stereocenters. The fraction of sp³-hybridized carbons (Fsp3) is 0.412. The summed E-state index contributed by atoms with van der Waals surface area (Å²) in [5, 5.41) is 1.30. The minimum Gasteiger partial charge on any atom is -0.462 e. The van der Waals surface area contributed by atoms with Crippen LogP contribution >= 0.6 is 0 Å². The molecule has 1 unspecified atom stereocenters. The molecule has 0 spiro atoms. The lowest BCUT2D eigenvalue weighted by Crippen LogP contribution is -2.33. The van der Waals surface area contributed by atoms with Crippen molar-refractivity contribution in [1.29, 1.82) is 0 Å². The molecule has 7 heteroatoms. The number of benzene rings is 1. The maximum atomic E-state index is 12.1. The number of amides is 1. The predicted molar refractivity (Wildman–Crippen MR) is 93.7 cm³/mol. The summed E-state index contributed by atoms with van der Waals surface area (Å²) in [5.74, 6) is -1.41. The summed E-state index contributed by atoms with van der Waals surface area (Å²) < 4.78 is 28.9. The van der Waals surface area contributed by atoms with E-state index in [1.807, 2.05) is 6.92 Å². The Bertz CT molecular complexity index is 697. The molecule has 1 aromatic rings. The van der Waals surface area contributed by atoms with Crippen LogP contribution in [0.2, 0.25) is 0 Å². The molecule has 6 nitrogen and oxygen atoms in total. The van der Waals surface area contributed by atoms with Crippen molar-refractivity contribution >= 4 is 27.4 Å². The molecule has 0 bridgehead atoms. The number of hydrogen-bond acceptors (Lipinski definition) is 5. The second kappa shape index (κ2) is 9.22. The second-order valence-electron chi connectivity index (χ2n) is 5.32. The smallest absolute Gasteiger partial charge is 0.338 e. The first-order valence-corrected chi connectivity index (χ1v) is 9.44. The number of anilines is 1. The van der Waals surface area contributed by atoms with Crippen LogP contribution in [0, 0.1) is 0 Å². The molecule has 1 aromatic carbocycles. The Hall–Kier alpha value is -2.15. The zero-order valence-electron chi connectivity index (χ0n) is 13.9. The summed E-state index contributed by atoms with van der Waals surface area (Å²) in [5.41, 5.74) is 0.635. The van der Waals surface area contributed by atoms with E-state index in [9.17, 15) is 18.0 Å². The maximum absolute atomic E-state index is 12.1. The fourth-order valence-electron chi connectivity index (χ4n) is 1.83. The lowest BCUT2D eigenvalue weighted by Gasteiger charge is -2.13. The van der Waals surface area contributed by atoms with Gasteiger partial charge in [0.2, 0.25) is 5.91 Å². The third-order valence-corrected chi connectivity index (χ3v) is 5.35. The first-order valence-electron chi connectivity index (χ1n) is 7.72. The molecule has 0 aliphatic heterocycles. The van der Waals surface area contributed by atoms with Crippen molar-refractivity contribution < 1.29 is 22.7 Å². The molecule has 0 heterocycles. The molecule has 0 aliphatic rings. The van der Waals surface area contributed by atoms with Gasteiger partial charge in [-0.1, -0.05) is 25.5 Å². The van der Waals surface area contributed by atoms with E-state index >= 15 is 0 Å². The minimum absolute atomic E-state index is 0.272. The normalized spacial score (nSPS) is 12.2. The van der Waals surface area contributed by atoms with E-state index in [2.05, 4.69) is 11.9 Å². The van der Waals surface area contributed by atoms with Crippen molar-refractivity contribution in [1.82, 2.24) is 0 Å². The highest BCUT2D eigenvalue weighted by Crippen LogP contribution is 2.14. The van der Waals surface area contributed by atoms with E-state index in [0.29, 0.717) is 17.9 Å². The second-order valence-corrected chi connectivity index (χ2v) is 7.69. The van der Waals surface area contributed by atoms with Gasteiger partial charge < -0.3 is 10.1 Å². The first kappa shape index (κ1) is 19.9. The van der Waals surface area contributed by atoms with E-state index in [1.165, 1.54) is 19.1 Å². The Morgan fingerprint density at radius 1 is 1.38 bits per heavy atom. The molecule has 0 aromatic heterocycles. The predicted octanol–water partition coefficient (Wildman–Crippen LogP) is 2.57. The standard InChI is InChI=1S/C17H23NO5S/c1-4-6-10-23-17(20)14-8-7-9-15(12-14)18-16(19)13(3)24(21,22)11-5-2/h5,7-9,12-13H,2,4,6,10-11H2,1,3H3,(H,18,19). The molecule has 24 heavy (non-hydrogen) atoms. The first-order chi connectivity index (χ1) is 11.3. The molecule has 0 aliphatic carbocycles. The molecule has 0 saturated carbocycles. The highest BCUT2D eigenvalue weighted by Gasteiger charge is 2.26. The zero-order valence-corrected chi connectivity index (χ0v) is 14.8. The van der Waals surface area contributed by atoms with Crippen molar-refractivity contribution in [2.75, 3.05) is 17.7 Å². The summed E-state index contributed by atoms with van der Waals surface area (Å²) in [4.78, 5) is 24.0. The molecule has 0 fully saturated rings. The van der Waals surface area contributed by atoms with Crippen molar-refractivity contribution in [3.8, 4) is 0 Å². The average Bonchev–Trinajstić information content (AvgIpc) is 2.54. The molecule has 0 radical (unpaired) electrons. The number of carbonyl (C=O) groups excluding carboxylic acids is 2. The van der Waals surface area contributed by atoms with Crippen LogP contribution in [0.15, 0.2) is 36.9 Å². The Morgan fingerprint density at radius 2 is 2.08 bits per heavy atom. The van der Waals surface area contributed by atoms with Crippen molar-refractivity contribution in [3.63, 3.8) is 0 Å². The monoisotopic (exact) mass is 353 g/mol. The number of hydrogen-bond donors (Lipinski definition) is 1. The number of esters is 1. The number of rotatable bonds is 9. The summed E-state index contributed by atoms with van der Waals surface area (Å²) >= 11 is 0. The number of ether oxygens (including phenoxy) is 1. The van der Waals surface area contributed by atoms with Crippen LogP contribution in [0.25, 0.3) is 0 Å². The Morgan fingerprint density at radius 3 is 2.71 bits per heavy atom. The van der Waals surface area contributed by atoms with Gasteiger partial charge in [-0.05, 0) is 31.5 Å². The molecule has 1 rings (SSSR count). The van der Waals surface area contributed by atoms with Crippen LogP contribution < -0.4 is 5.32 Å². The number of unbranched alkanes of at least 4 members (excludes halogenated alkanes) is 1. The van der Waals surface area contributed by atoms with Gasteiger partial charge in [0, 0.05) is 5.69 Å². The van der Waals surface area contributed by atoms with E-state index in [4.69, 9.17) is 4.74 Å². The SMILES string of the molecule is C=CCS(=O)(=O)C(C)C(=O)Nc1cccc(C(=O)OCCCC)c1. The van der Waals surface area contributed by atoms with E-state index in [0.717, 1.165) is 12.8 Å². The van der Waals surface area contributed by atoms with Gasteiger partial charge in [0.25, 0.3) is 0 Å². The number of sulfone groups is 1. The van der Waals surface area contributed by atoms with Crippen molar-refractivity contribution in [2.24, 2.45) is 0 Å². The minimum atomic E-state index is -3.59. The number of nitrogens with one attached hydrogen (secondary N) is 1. The van der Waals surface area contributed by atoms with Gasteiger partial charge >= 0.3 is 5.97 Å². The highest BCUT2D eigenvalue weighted by molar-refractivity contribution is 7.92. The largest absolute Gasteiger partial charge is 0.462 e. The van der Waals surface area contributed by atoms with Crippen LogP contribution in [-0.2, 0) is 19.4 Å². The van der Waals surface area contributed by atoms with Crippen molar-refractivity contribution in [3.05, 3.63) is 42.5 Å². The van der Waals surface area contributed by atoms with Gasteiger partial charge in [0.05, 0.1) is 17.9 Å². The lowest BCUT2D eigenvalue weighted by molar-refractivity contribution is -0.115. The van der Waals surface area contributed by atoms with Crippen LogP contribution in [0.1, 0.15) is 37.0 Å². The molecule has 1 amide bonds. The van der Waals surface area contributed by atoms with Crippen LogP contribution in [-0.4, -0.2) is 37.9 Å². The van der Waals surface area contributed by atoms with Gasteiger partial charge in [0.1, 0.15) is 5.25 Å². The van der Waals surface area contributed by atoms with E-state index < -0.39 is 27.0 Å². The summed E-state index contributed by atoms with van der Waals surface area (Å²) in [6.07, 6.45) is 2.94. The summed E-state index contributed by atoms with van der Waals surface area (Å²) in [6, 6.07) is 6.20. The molecule has 132 valence electrons. The molecule has 0 saturated heterocycles.